The summed E-state index contributed by atoms with van der Waals surface area (Å²) < 4.78 is 1.83. The van der Waals surface area contributed by atoms with E-state index >= 15 is 0 Å². The summed E-state index contributed by atoms with van der Waals surface area (Å²) in [6, 6.07) is 0.187. The lowest BCUT2D eigenvalue weighted by Crippen LogP contribution is -2.40. The Hall–Kier alpha value is -1.85. The number of piperidine rings is 1. The van der Waals surface area contributed by atoms with Gasteiger partial charge in [-0.1, -0.05) is 19.8 Å². The Labute approximate surface area is 149 Å². The lowest BCUT2D eigenvalue weighted by atomic mass is 9.80. The minimum atomic E-state index is -0.932. The molecule has 1 saturated heterocycles. The Kier molecular flexibility index (Phi) is 5.45. The quantitative estimate of drug-likeness (QED) is 0.907. The van der Waals surface area contributed by atoms with E-state index in [1.807, 2.05) is 9.58 Å². The first kappa shape index (κ1) is 18.0. The van der Waals surface area contributed by atoms with Crippen LogP contribution >= 0.6 is 0 Å². The Bertz CT molecular complexity index is 632. The van der Waals surface area contributed by atoms with Gasteiger partial charge in [0.1, 0.15) is 5.56 Å². The maximum Gasteiger partial charge on any atom is 0.339 e. The molecule has 1 saturated carbocycles. The molecular formula is C19H29N3O3. The number of likely N-dealkylation sites (tertiary alicyclic amines) is 1. The van der Waals surface area contributed by atoms with Crippen molar-refractivity contribution in [3.63, 3.8) is 0 Å². The predicted molar refractivity (Wildman–Crippen MR) is 94.5 cm³/mol. The topological polar surface area (TPSA) is 75.4 Å². The summed E-state index contributed by atoms with van der Waals surface area (Å²) in [5, 5.41) is 13.4. The third kappa shape index (κ3) is 4.05. The van der Waals surface area contributed by atoms with Crippen molar-refractivity contribution < 1.29 is 14.7 Å². The van der Waals surface area contributed by atoms with Gasteiger partial charge in [-0.2, -0.15) is 5.10 Å². The van der Waals surface area contributed by atoms with Crippen LogP contribution in [0.2, 0.25) is 0 Å². The predicted octanol–water partition coefficient (Wildman–Crippen LogP) is 3.27. The number of rotatable bonds is 4. The molecule has 25 heavy (non-hydrogen) atoms. The van der Waals surface area contributed by atoms with Gasteiger partial charge < -0.3 is 10.0 Å². The molecule has 3 rings (SSSR count). The Morgan fingerprint density at radius 3 is 2.56 bits per heavy atom. The number of carboxylic acids is 1. The van der Waals surface area contributed by atoms with Gasteiger partial charge in [0.25, 0.3) is 0 Å². The monoisotopic (exact) mass is 347 g/mol. The summed E-state index contributed by atoms with van der Waals surface area (Å²) in [4.78, 5) is 25.8. The lowest BCUT2D eigenvalue weighted by Gasteiger charge is -2.34. The van der Waals surface area contributed by atoms with Crippen LogP contribution in [-0.2, 0) is 4.79 Å². The van der Waals surface area contributed by atoms with E-state index in [1.165, 1.54) is 31.9 Å². The molecule has 2 heterocycles. The summed E-state index contributed by atoms with van der Waals surface area (Å²) >= 11 is 0. The van der Waals surface area contributed by atoms with E-state index in [0.717, 1.165) is 31.8 Å². The fourth-order valence-corrected chi connectivity index (χ4v) is 4.48. The molecule has 138 valence electrons. The van der Waals surface area contributed by atoms with Gasteiger partial charge in [-0.3, -0.25) is 9.48 Å². The Morgan fingerprint density at radius 2 is 1.96 bits per heavy atom. The zero-order valence-corrected chi connectivity index (χ0v) is 15.3. The second-order valence-electron chi connectivity index (χ2n) is 7.85. The van der Waals surface area contributed by atoms with Crippen molar-refractivity contribution in [2.45, 2.75) is 64.8 Å². The van der Waals surface area contributed by atoms with Gasteiger partial charge >= 0.3 is 5.97 Å². The number of aromatic nitrogens is 2. The largest absolute Gasteiger partial charge is 0.478 e. The van der Waals surface area contributed by atoms with E-state index in [2.05, 4.69) is 12.0 Å². The third-order valence-corrected chi connectivity index (χ3v) is 5.95. The van der Waals surface area contributed by atoms with Crippen LogP contribution in [0.15, 0.2) is 6.20 Å². The fraction of sp³-hybridized carbons (Fsp3) is 0.737. The molecule has 2 fully saturated rings. The average molecular weight is 347 g/mol. The fourth-order valence-electron chi connectivity index (χ4n) is 4.48. The van der Waals surface area contributed by atoms with Crippen molar-refractivity contribution in [1.29, 1.82) is 0 Å². The minimum Gasteiger partial charge on any atom is -0.478 e. The molecule has 0 aromatic carbocycles. The number of carbonyl (C=O) groups excluding carboxylic acids is 1. The molecule has 1 aromatic rings. The van der Waals surface area contributed by atoms with Crippen LogP contribution in [0.25, 0.3) is 0 Å². The number of amides is 1. The van der Waals surface area contributed by atoms with Crippen molar-refractivity contribution in [3.05, 3.63) is 17.5 Å². The number of carbonyl (C=O) groups is 2. The maximum atomic E-state index is 12.6. The number of hydrogen-bond acceptors (Lipinski definition) is 3. The van der Waals surface area contributed by atoms with Crippen molar-refractivity contribution in [1.82, 2.24) is 14.7 Å². The van der Waals surface area contributed by atoms with Gasteiger partial charge in [-0.15, -0.1) is 0 Å². The standard InChI is InChI=1S/C19H29N3O3/c1-13-4-3-5-15(10-13)11-18(23)21-8-6-16(7-9-21)22-14(2)17(12-20-22)19(24)25/h12-13,15-16H,3-11H2,1-2H3,(H,24,25). The molecule has 1 amide bonds. The third-order valence-electron chi connectivity index (χ3n) is 5.95. The van der Waals surface area contributed by atoms with Crippen LogP contribution in [0.5, 0.6) is 0 Å². The second-order valence-corrected chi connectivity index (χ2v) is 7.85. The number of hydrogen-bond donors (Lipinski definition) is 1. The molecule has 6 nitrogen and oxygen atoms in total. The van der Waals surface area contributed by atoms with Crippen molar-refractivity contribution in [2.75, 3.05) is 13.1 Å². The first-order valence-electron chi connectivity index (χ1n) is 9.51. The van der Waals surface area contributed by atoms with E-state index in [-0.39, 0.29) is 11.6 Å². The van der Waals surface area contributed by atoms with Gasteiger partial charge in [0, 0.05) is 19.5 Å². The molecule has 1 aromatic heterocycles. The summed E-state index contributed by atoms with van der Waals surface area (Å²) in [5.74, 6) is 0.669. The average Bonchev–Trinajstić information content (AvgIpc) is 2.97. The second kappa shape index (κ2) is 7.58. The number of nitrogens with zero attached hydrogens (tertiary/aromatic N) is 3. The Morgan fingerprint density at radius 1 is 1.24 bits per heavy atom. The first-order valence-corrected chi connectivity index (χ1v) is 9.51. The Balaban J connectivity index is 1.53. The van der Waals surface area contributed by atoms with E-state index in [4.69, 9.17) is 5.11 Å². The van der Waals surface area contributed by atoms with Crippen LogP contribution in [0.4, 0.5) is 0 Å². The molecular weight excluding hydrogens is 318 g/mol. The van der Waals surface area contributed by atoms with Gasteiger partial charge in [0.2, 0.25) is 5.91 Å². The molecule has 1 aliphatic heterocycles. The number of carboxylic acid groups (broad SMARTS) is 1. The zero-order chi connectivity index (χ0) is 18.0. The molecule has 0 bridgehead atoms. The maximum absolute atomic E-state index is 12.6. The summed E-state index contributed by atoms with van der Waals surface area (Å²) in [6.45, 7) is 5.58. The van der Waals surface area contributed by atoms with Crippen molar-refractivity contribution >= 4 is 11.9 Å². The van der Waals surface area contributed by atoms with Gasteiger partial charge in [0.05, 0.1) is 17.9 Å². The molecule has 6 heteroatoms. The van der Waals surface area contributed by atoms with Gasteiger partial charge in [-0.05, 0) is 44.4 Å². The molecule has 2 atom stereocenters. The zero-order valence-electron chi connectivity index (χ0n) is 15.3. The molecule has 0 radical (unpaired) electrons. The molecule has 2 unspecified atom stereocenters. The van der Waals surface area contributed by atoms with E-state index < -0.39 is 5.97 Å². The summed E-state index contributed by atoms with van der Waals surface area (Å²) in [7, 11) is 0. The van der Waals surface area contributed by atoms with Crippen LogP contribution in [-0.4, -0.2) is 44.8 Å². The van der Waals surface area contributed by atoms with Crippen LogP contribution in [0, 0.1) is 18.8 Å². The number of aromatic carboxylic acids is 1. The normalized spacial score (nSPS) is 25.1. The SMILES string of the molecule is Cc1c(C(=O)O)cnn1C1CCN(C(=O)CC2CCCC(C)C2)CC1. The highest BCUT2D eigenvalue weighted by Gasteiger charge is 2.28. The minimum absolute atomic E-state index is 0.187. The van der Waals surface area contributed by atoms with Crippen molar-refractivity contribution in [2.24, 2.45) is 11.8 Å². The molecule has 1 aliphatic carbocycles. The van der Waals surface area contributed by atoms with Gasteiger partial charge in [-0.25, -0.2) is 4.79 Å². The van der Waals surface area contributed by atoms with Crippen molar-refractivity contribution in [3.8, 4) is 0 Å². The molecule has 1 N–H and O–H groups in total. The highest BCUT2D eigenvalue weighted by Crippen LogP contribution is 2.32. The van der Waals surface area contributed by atoms with Crippen LogP contribution < -0.4 is 0 Å². The smallest absolute Gasteiger partial charge is 0.339 e. The van der Waals surface area contributed by atoms with Crippen LogP contribution in [0.1, 0.15) is 74.0 Å². The van der Waals surface area contributed by atoms with Crippen LogP contribution in [0.3, 0.4) is 0 Å². The first-order chi connectivity index (χ1) is 12.0. The van der Waals surface area contributed by atoms with E-state index in [9.17, 15) is 9.59 Å². The van der Waals surface area contributed by atoms with E-state index in [0.29, 0.717) is 23.9 Å². The molecule has 2 aliphatic rings. The highest BCUT2D eigenvalue weighted by atomic mass is 16.4. The van der Waals surface area contributed by atoms with Gasteiger partial charge in [0.15, 0.2) is 0 Å². The lowest BCUT2D eigenvalue weighted by molar-refractivity contribution is -0.133. The highest BCUT2D eigenvalue weighted by molar-refractivity contribution is 5.88. The summed E-state index contributed by atoms with van der Waals surface area (Å²) in [6.07, 6.45) is 8.74. The molecule has 0 spiro atoms. The summed E-state index contributed by atoms with van der Waals surface area (Å²) in [5.41, 5.74) is 0.971. The van der Waals surface area contributed by atoms with E-state index in [1.54, 1.807) is 6.92 Å².